The number of hydrogen-bond donors (Lipinski definition) is 0. The lowest BCUT2D eigenvalue weighted by atomic mass is 9.98. The molecular weight excluding hydrogens is 292 g/mol. The van der Waals surface area contributed by atoms with Crippen LogP contribution in [0.4, 0.5) is 0 Å². The second-order valence-corrected chi connectivity index (χ2v) is 5.46. The smallest absolute Gasteiger partial charge is 0.344 e. The molecule has 0 atom stereocenters. The Balaban J connectivity index is 2.33. The fraction of sp³-hybridized carbons (Fsp3) is 0.211. The van der Waals surface area contributed by atoms with Gasteiger partial charge in [0.2, 0.25) is 0 Å². The summed E-state index contributed by atoms with van der Waals surface area (Å²) in [5.41, 5.74) is 3.33. The first-order valence-corrected chi connectivity index (χ1v) is 7.31. The van der Waals surface area contributed by atoms with Crippen LogP contribution in [0, 0.1) is 13.8 Å². The summed E-state index contributed by atoms with van der Waals surface area (Å²) in [5.74, 6) is 1.31. The van der Waals surface area contributed by atoms with Crippen molar-refractivity contribution >= 4 is 11.0 Å². The van der Waals surface area contributed by atoms with Gasteiger partial charge in [0.05, 0.1) is 19.8 Å². The second kappa shape index (κ2) is 5.80. The Morgan fingerprint density at radius 2 is 1.74 bits per heavy atom. The van der Waals surface area contributed by atoms with Crippen LogP contribution in [0.25, 0.3) is 22.1 Å². The van der Waals surface area contributed by atoms with E-state index >= 15 is 0 Å². The molecule has 0 amide bonds. The van der Waals surface area contributed by atoms with Crippen molar-refractivity contribution in [2.24, 2.45) is 0 Å². The van der Waals surface area contributed by atoms with Crippen LogP contribution < -0.4 is 15.1 Å². The molecule has 0 spiro atoms. The van der Waals surface area contributed by atoms with E-state index in [1.165, 1.54) is 0 Å². The van der Waals surface area contributed by atoms with Crippen molar-refractivity contribution in [3.63, 3.8) is 0 Å². The molecule has 0 fully saturated rings. The number of rotatable bonds is 3. The normalized spacial score (nSPS) is 10.8. The van der Waals surface area contributed by atoms with Gasteiger partial charge >= 0.3 is 5.63 Å². The molecule has 1 aromatic heterocycles. The molecule has 3 aromatic rings. The van der Waals surface area contributed by atoms with E-state index < -0.39 is 0 Å². The van der Waals surface area contributed by atoms with Crippen LogP contribution in [0.3, 0.4) is 0 Å². The van der Waals surface area contributed by atoms with E-state index in [1.54, 1.807) is 20.3 Å². The molecule has 0 aliphatic carbocycles. The molecule has 1 heterocycles. The molecule has 118 valence electrons. The fourth-order valence-corrected chi connectivity index (χ4v) is 2.78. The standard InChI is InChI=1S/C19H18O4/c1-11-5-7-15(16(9-11)22-4)18-12(2)14-8-6-13(21-3)10-17(14)23-19(18)20/h5-10H,1-4H3. The lowest BCUT2D eigenvalue weighted by molar-refractivity contribution is 0.413. The van der Waals surface area contributed by atoms with Gasteiger partial charge < -0.3 is 13.9 Å². The zero-order chi connectivity index (χ0) is 16.6. The Morgan fingerprint density at radius 3 is 2.43 bits per heavy atom. The van der Waals surface area contributed by atoms with Crippen molar-refractivity contribution in [3.05, 3.63) is 57.9 Å². The molecule has 4 nitrogen and oxygen atoms in total. The highest BCUT2D eigenvalue weighted by Gasteiger charge is 2.17. The SMILES string of the molecule is COc1ccc2c(C)c(-c3ccc(C)cc3OC)c(=O)oc2c1. The van der Waals surface area contributed by atoms with Gasteiger partial charge in [-0.15, -0.1) is 0 Å². The van der Waals surface area contributed by atoms with Gasteiger partial charge in [-0.3, -0.25) is 0 Å². The van der Waals surface area contributed by atoms with Crippen molar-refractivity contribution in [1.82, 2.24) is 0 Å². The average molecular weight is 310 g/mol. The number of hydrogen-bond acceptors (Lipinski definition) is 4. The van der Waals surface area contributed by atoms with Gasteiger partial charge in [-0.25, -0.2) is 4.79 Å². The molecule has 0 saturated carbocycles. The average Bonchev–Trinajstić information content (AvgIpc) is 2.55. The highest BCUT2D eigenvalue weighted by Crippen LogP contribution is 2.34. The van der Waals surface area contributed by atoms with Gasteiger partial charge in [-0.2, -0.15) is 0 Å². The first-order valence-electron chi connectivity index (χ1n) is 7.31. The summed E-state index contributed by atoms with van der Waals surface area (Å²) < 4.78 is 16.1. The maximum absolute atomic E-state index is 12.5. The van der Waals surface area contributed by atoms with Crippen molar-refractivity contribution < 1.29 is 13.9 Å². The highest BCUT2D eigenvalue weighted by molar-refractivity contribution is 5.88. The molecule has 4 heteroatoms. The highest BCUT2D eigenvalue weighted by atomic mass is 16.5. The summed E-state index contributed by atoms with van der Waals surface area (Å²) in [6.07, 6.45) is 0. The molecule has 23 heavy (non-hydrogen) atoms. The third kappa shape index (κ3) is 2.57. The number of methoxy groups -OCH3 is 2. The van der Waals surface area contributed by atoms with Gasteiger partial charge in [0.25, 0.3) is 0 Å². The van der Waals surface area contributed by atoms with Gasteiger partial charge in [0.15, 0.2) is 0 Å². The summed E-state index contributed by atoms with van der Waals surface area (Å²) in [6.45, 7) is 3.90. The molecule has 0 aliphatic heterocycles. The Hall–Kier alpha value is -2.75. The minimum absolute atomic E-state index is 0.384. The van der Waals surface area contributed by atoms with Crippen LogP contribution in [0.15, 0.2) is 45.6 Å². The van der Waals surface area contributed by atoms with E-state index in [1.807, 2.05) is 44.2 Å². The zero-order valence-corrected chi connectivity index (χ0v) is 13.6. The predicted octanol–water partition coefficient (Wildman–Crippen LogP) is 4.09. The van der Waals surface area contributed by atoms with Gasteiger partial charge in [-0.05, 0) is 43.2 Å². The Morgan fingerprint density at radius 1 is 0.957 bits per heavy atom. The Bertz CT molecular complexity index is 938. The topological polar surface area (TPSA) is 48.7 Å². The maximum Gasteiger partial charge on any atom is 0.344 e. The van der Waals surface area contributed by atoms with Crippen molar-refractivity contribution in [2.75, 3.05) is 14.2 Å². The third-order valence-electron chi connectivity index (χ3n) is 4.00. The van der Waals surface area contributed by atoms with E-state index in [-0.39, 0.29) is 5.63 Å². The van der Waals surface area contributed by atoms with Crippen LogP contribution in [0.5, 0.6) is 11.5 Å². The summed E-state index contributed by atoms with van der Waals surface area (Å²) in [6, 6.07) is 11.2. The van der Waals surface area contributed by atoms with E-state index in [0.717, 1.165) is 22.1 Å². The van der Waals surface area contributed by atoms with Crippen LogP contribution in [-0.4, -0.2) is 14.2 Å². The monoisotopic (exact) mass is 310 g/mol. The molecule has 0 saturated heterocycles. The van der Waals surface area contributed by atoms with Crippen LogP contribution in [-0.2, 0) is 0 Å². The van der Waals surface area contributed by atoms with Crippen molar-refractivity contribution in [3.8, 4) is 22.6 Å². The Labute approximate surface area is 134 Å². The molecular formula is C19H18O4. The first-order chi connectivity index (χ1) is 11.0. The quantitative estimate of drug-likeness (QED) is 0.684. The van der Waals surface area contributed by atoms with Crippen molar-refractivity contribution in [1.29, 1.82) is 0 Å². The first kappa shape index (κ1) is 15.2. The Kier molecular flexibility index (Phi) is 3.82. The van der Waals surface area contributed by atoms with E-state index in [4.69, 9.17) is 13.9 Å². The summed E-state index contributed by atoms with van der Waals surface area (Å²) in [4.78, 5) is 12.5. The summed E-state index contributed by atoms with van der Waals surface area (Å²) in [5, 5.41) is 0.878. The number of benzene rings is 2. The second-order valence-electron chi connectivity index (χ2n) is 5.46. The van der Waals surface area contributed by atoms with Gasteiger partial charge in [0, 0.05) is 17.0 Å². The minimum atomic E-state index is -0.384. The molecule has 0 aliphatic rings. The van der Waals surface area contributed by atoms with Crippen molar-refractivity contribution in [2.45, 2.75) is 13.8 Å². The fourth-order valence-electron chi connectivity index (χ4n) is 2.78. The number of aryl methyl sites for hydroxylation is 2. The van der Waals surface area contributed by atoms with Gasteiger partial charge in [-0.1, -0.05) is 12.1 Å². The molecule has 0 N–H and O–H groups in total. The zero-order valence-electron chi connectivity index (χ0n) is 13.6. The number of ether oxygens (including phenoxy) is 2. The van der Waals surface area contributed by atoms with E-state index in [2.05, 4.69) is 0 Å². The third-order valence-corrected chi connectivity index (χ3v) is 4.00. The maximum atomic E-state index is 12.5. The van der Waals surface area contributed by atoms with Crippen LogP contribution >= 0.6 is 0 Å². The van der Waals surface area contributed by atoms with Crippen LogP contribution in [0.1, 0.15) is 11.1 Å². The predicted molar refractivity (Wildman–Crippen MR) is 90.5 cm³/mol. The minimum Gasteiger partial charge on any atom is -0.497 e. The molecule has 0 unspecified atom stereocenters. The largest absolute Gasteiger partial charge is 0.497 e. The molecule has 3 rings (SSSR count). The summed E-state index contributed by atoms with van der Waals surface area (Å²) >= 11 is 0. The van der Waals surface area contributed by atoms with E-state index in [9.17, 15) is 4.79 Å². The summed E-state index contributed by atoms with van der Waals surface area (Å²) in [7, 11) is 3.18. The van der Waals surface area contributed by atoms with Crippen LogP contribution in [0.2, 0.25) is 0 Å². The van der Waals surface area contributed by atoms with Gasteiger partial charge in [0.1, 0.15) is 17.1 Å². The number of fused-ring (bicyclic) bond motifs is 1. The lowest BCUT2D eigenvalue weighted by Gasteiger charge is -2.12. The lowest BCUT2D eigenvalue weighted by Crippen LogP contribution is -2.07. The molecule has 2 aromatic carbocycles. The molecule has 0 bridgehead atoms. The molecule has 0 radical (unpaired) electrons. The van der Waals surface area contributed by atoms with E-state index in [0.29, 0.717) is 22.6 Å².